The van der Waals surface area contributed by atoms with E-state index in [1.54, 1.807) is 0 Å². The molecule has 0 saturated carbocycles. The van der Waals surface area contributed by atoms with Crippen molar-refractivity contribution in [1.82, 2.24) is 0 Å². The molecule has 0 amide bonds. The van der Waals surface area contributed by atoms with Gasteiger partial charge < -0.3 is 5.11 Å². The van der Waals surface area contributed by atoms with Crippen LogP contribution in [-0.4, -0.2) is 29.9 Å². The standard InChI is InChI=1S/C19H40O4S/c1-2-3-4-5-10-13-16-19(24(21,22)23)17-14-11-8-6-7-9-12-15-18-20/h19-20H,2-18H2,1H3,(H,21,22,23). The molecule has 2 N–H and O–H groups in total. The van der Waals surface area contributed by atoms with Gasteiger partial charge in [0.05, 0.1) is 5.25 Å². The molecule has 4 nitrogen and oxygen atoms in total. The molecular formula is C19H40O4S. The molecule has 0 bridgehead atoms. The van der Waals surface area contributed by atoms with Crippen LogP contribution in [0.2, 0.25) is 0 Å². The molecule has 0 fully saturated rings. The van der Waals surface area contributed by atoms with Crippen LogP contribution in [0, 0.1) is 0 Å². The lowest BCUT2D eigenvalue weighted by atomic mass is 10.0. The minimum atomic E-state index is -3.89. The molecule has 0 rings (SSSR count). The minimum absolute atomic E-state index is 0.287. The van der Waals surface area contributed by atoms with Crippen molar-refractivity contribution in [2.24, 2.45) is 0 Å². The third kappa shape index (κ3) is 15.4. The molecule has 0 aromatic carbocycles. The summed E-state index contributed by atoms with van der Waals surface area (Å²) in [6.07, 6.45) is 16.6. The zero-order chi connectivity index (χ0) is 18.1. The van der Waals surface area contributed by atoms with Crippen LogP contribution in [0.4, 0.5) is 0 Å². The first-order valence-corrected chi connectivity index (χ1v) is 11.6. The first-order chi connectivity index (χ1) is 11.5. The lowest BCUT2D eigenvalue weighted by molar-refractivity contribution is 0.282. The third-order valence-corrected chi connectivity index (χ3v) is 6.05. The largest absolute Gasteiger partial charge is 0.396 e. The number of unbranched alkanes of at least 4 members (excludes halogenated alkanes) is 12. The molecule has 24 heavy (non-hydrogen) atoms. The highest BCUT2D eigenvalue weighted by Gasteiger charge is 2.21. The average molecular weight is 365 g/mol. The van der Waals surface area contributed by atoms with Crippen molar-refractivity contribution in [3.8, 4) is 0 Å². The van der Waals surface area contributed by atoms with Crippen LogP contribution in [0.3, 0.4) is 0 Å². The summed E-state index contributed by atoms with van der Waals surface area (Å²) in [6, 6.07) is 0. The maximum Gasteiger partial charge on any atom is 0.267 e. The molecule has 1 unspecified atom stereocenters. The Kier molecular flexibility index (Phi) is 16.3. The summed E-state index contributed by atoms with van der Waals surface area (Å²) in [5.74, 6) is 0. The number of aliphatic hydroxyl groups excluding tert-OH is 1. The fraction of sp³-hybridized carbons (Fsp3) is 1.00. The van der Waals surface area contributed by atoms with Crippen molar-refractivity contribution >= 4 is 10.1 Å². The smallest absolute Gasteiger partial charge is 0.267 e. The monoisotopic (exact) mass is 364 g/mol. The van der Waals surface area contributed by atoms with Gasteiger partial charge in [-0.3, -0.25) is 4.55 Å². The average Bonchev–Trinajstić information content (AvgIpc) is 2.53. The van der Waals surface area contributed by atoms with Crippen molar-refractivity contribution < 1.29 is 18.1 Å². The van der Waals surface area contributed by atoms with E-state index in [0.717, 1.165) is 44.9 Å². The molecule has 0 spiro atoms. The maximum atomic E-state index is 11.5. The second-order valence-corrected chi connectivity index (χ2v) is 8.73. The molecule has 0 aromatic rings. The zero-order valence-corrected chi connectivity index (χ0v) is 16.5. The van der Waals surface area contributed by atoms with Crippen molar-refractivity contribution in [1.29, 1.82) is 0 Å². The molecule has 0 aromatic heterocycles. The predicted octanol–water partition coefficient (Wildman–Crippen LogP) is 5.50. The molecule has 0 radical (unpaired) electrons. The zero-order valence-electron chi connectivity index (χ0n) is 15.7. The minimum Gasteiger partial charge on any atom is -0.396 e. The number of hydrogen-bond acceptors (Lipinski definition) is 3. The second-order valence-electron chi connectivity index (χ2n) is 7.03. The Labute approximate surface area is 150 Å². The molecule has 0 saturated heterocycles. The van der Waals surface area contributed by atoms with Crippen LogP contribution < -0.4 is 0 Å². The summed E-state index contributed by atoms with van der Waals surface area (Å²) >= 11 is 0. The Balaban J connectivity index is 3.70. The van der Waals surface area contributed by atoms with E-state index in [9.17, 15) is 13.0 Å². The van der Waals surface area contributed by atoms with Gasteiger partial charge in [0.1, 0.15) is 0 Å². The molecule has 0 aliphatic carbocycles. The summed E-state index contributed by atoms with van der Waals surface area (Å²) in [7, 11) is -3.89. The second kappa shape index (κ2) is 16.3. The van der Waals surface area contributed by atoms with Crippen LogP contribution in [0.1, 0.15) is 110 Å². The Morgan fingerprint density at radius 3 is 1.42 bits per heavy atom. The molecule has 0 heterocycles. The van der Waals surface area contributed by atoms with E-state index in [4.69, 9.17) is 5.11 Å². The lowest BCUT2D eigenvalue weighted by Crippen LogP contribution is -2.20. The fourth-order valence-corrected chi connectivity index (χ4v) is 4.07. The first kappa shape index (κ1) is 23.9. The molecule has 1 atom stereocenters. The highest BCUT2D eigenvalue weighted by molar-refractivity contribution is 7.86. The normalized spacial score (nSPS) is 13.3. The Morgan fingerprint density at radius 1 is 0.667 bits per heavy atom. The summed E-state index contributed by atoms with van der Waals surface area (Å²) in [5, 5.41) is 8.14. The first-order valence-electron chi connectivity index (χ1n) is 10.1. The van der Waals surface area contributed by atoms with E-state index in [1.165, 1.54) is 44.9 Å². The van der Waals surface area contributed by atoms with Crippen molar-refractivity contribution in [2.45, 2.75) is 115 Å². The van der Waals surface area contributed by atoms with Gasteiger partial charge in [0.2, 0.25) is 0 Å². The third-order valence-electron chi connectivity index (χ3n) is 4.74. The van der Waals surface area contributed by atoms with E-state index < -0.39 is 15.4 Å². The van der Waals surface area contributed by atoms with Gasteiger partial charge in [-0.25, -0.2) is 0 Å². The van der Waals surface area contributed by atoms with Crippen molar-refractivity contribution in [3.63, 3.8) is 0 Å². The van der Waals surface area contributed by atoms with Crippen LogP contribution >= 0.6 is 0 Å². The van der Waals surface area contributed by atoms with E-state index in [1.807, 2.05) is 0 Å². The summed E-state index contributed by atoms with van der Waals surface area (Å²) < 4.78 is 32.4. The van der Waals surface area contributed by atoms with Gasteiger partial charge in [-0.1, -0.05) is 90.4 Å². The Morgan fingerprint density at radius 2 is 1.04 bits per heavy atom. The van der Waals surface area contributed by atoms with Crippen molar-refractivity contribution in [3.05, 3.63) is 0 Å². The maximum absolute atomic E-state index is 11.5. The molecule has 0 aliphatic rings. The summed E-state index contributed by atoms with van der Waals surface area (Å²) in [4.78, 5) is 0. The molecule has 0 aliphatic heterocycles. The number of rotatable bonds is 18. The van der Waals surface area contributed by atoms with Gasteiger partial charge in [-0.2, -0.15) is 8.42 Å². The molecular weight excluding hydrogens is 324 g/mol. The van der Waals surface area contributed by atoms with Crippen LogP contribution in [0.15, 0.2) is 0 Å². The van der Waals surface area contributed by atoms with Gasteiger partial charge >= 0.3 is 0 Å². The predicted molar refractivity (Wildman–Crippen MR) is 102 cm³/mol. The number of hydrogen-bond donors (Lipinski definition) is 2. The quantitative estimate of drug-likeness (QED) is 0.249. The van der Waals surface area contributed by atoms with Crippen molar-refractivity contribution in [2.75, 3.05) is 6.61 Å². The van der Waals surface area contributed by atoms with Crippen LogP contribution in [-0.2, 0) is 10.1 Å². The van der Waals surface area contributed by atoms with Gasteiger partial charge in [0, 0.05) is 6.61 Å². The van der Waals surface area contributed by atoms with Gasteiger partial charge in [-0.15, -0.1) is 0 Å². The highest BCUT2D eigenvalue weighted by Crippen LogP contribution is 2.19. The Bertz CT molecular complexity index is 354. The van der Waals surface area contributed by atoms with E-state index in [0.29, 0.717) is 12.8 Å². The summed E-state index contributed by atoms with van der Waals surface area (Å²) in [6.45, 7) is 2.47. The van der Waals surface area contributed by atoms with E-state index in [-0.39, 0.29) is 6.61 Å². The van der Waals surface area contributed by atoms with E-state index in [2.05, 4.69) is 6.92 Å². The van der Waals surface area contributed by atoms with Gasteiger partial charge in [-0.05, 0) is 19.3 Å². The van der Waals surface area contributed by atoms with Crippen LogP contribution in [0.5, 0.6) is 0 Å². The molecule has 146 valence electrons. The lowest BCUT2D eigenvalue weighted by Gasteiger charge is -2.13. The van der Waals surface area contributed by atoms with Crippen LogP contribution in [0.25, 0.3) is 0 Å². The van der Waals surface area contributed by atoms with E-state index >= 15 is 0 Å². The SMILES string of the molecule is CCCCCCCCC(CCCCCCCCCCO)S(=O)(=O)O. The topological polar surface area (TPSA) is 74.6 Å². The summed E-state index contributed by atoms with van der Waals surface area (Å²) in [5.41, 5.74) is 0. The Hall–Kier alpha value is -0.130. The molecule has 5 heteroatoms. The van der Waals surface area contributed by atoms with Gasteiger partial charge in [0.25, 0.3) is 10.1 Å². The number of aliphatic hydroxyl groups is 1. The highest BCUT2D eigenvalue weighted by atomic mass is 32.2. The van der Waals surface area contributed by atoms with Gasteiger partial charge in [0.15, 0.2) is 0 Å². The fourth-order valence-electron chi connectivity index (χ4n) is 3.14.